The van der Waals surface area contributed by atoms with Crippen LogP contribution in [-0.2, 0) is 41.4 Å². The van der Waals surface area contributed by atoms with Gasteiger partial charge in [-0.05, 0) is 72.6 Å². The molecule has 0 fully saturated rings. The van der Waals surface area contributed by atoms with Crippen molar-refractivity contribution in [2.45, 2.75) is 19.8 Å². The molecular weight excluding hydrogens is 724 g/mol. The fraction of sp³-hybridized carbons (Fsp3) is 0.342. The van der Waals surface area contributed by atoms with Crippen molar-refractivity contribution in [1.82, 2.24) is 15.6 Å². The third-order valence-electron chi connectivity index (χ3n) is 7.57. The minimum Gasteiger partial charge on any atom is -0.487 e. The molecule has 0 saturated heterocycles. The molecule has 0 spiro atoms. The van der Waals surface area contributed by atoms with Crippen LogP contribution in [0, 0.1) is 5.82 Å². The van der Waals surface area contributed by atoms with E-state index in [9.17, 15) is 24.3 Å². The van der Waals surface area contributed by atoms with Gasteiger partial charge in [-0.1, -0.05) is 19.1 Å². The normalized spacial score (nSPS) is 10.9. The molecule has 0 bridgehead atoms. The number of anilines is 1. The molecule has 1 heterocycles. The number of hydrogen-bond donors (Lipinski definition) is 4. The summed E-state index contributed by atoms with van der Waals surface area (Å²) in [6.45, 7) is 4.37. The summed E-state index contributed by atoms with van der Waals surface area (Å²) in [4.78, 5) is 50.6. The number of benzene rings is 3. The third-order valence-corrected chi connectivity index (χ3v) is 8.26. The van der Waals surface area contributed by atoms with Crippen LogP contribution in [0.1, 0.15) is 28.4 Å². The van der Waals surface area contributed by atoms with Crippen molar-refractivity contribution in [2.75, 3.05) is 71.2 Å². The van der Waals surface area contributed by atoms with Crippen molar-refractivity contribution in [3.05, 3.63) is 88.7 Å². The minimum absolute atomic E-state index is 0.0190. The molecule has 0 atom stereocenters. The number of nitrogens with zero attached hydrogens (tertiary/aromatic N) is 1. The van der Waals surface area contributed by atoms with Gasteiger partial charge in [0.05, 0.1) is 38.4 Å². The molecule has 16 heteroatoms. The largest absolute Gasteiger partial charge is 0.487 e. The van der Waals surface area contributed by atoms with Gasteiger partial charge < -0.3 is 49.5 Å². The van der Waals surface area contributed by atoms with E-state index in [1.165, 1.54) is 47.7 Å². The SMILES string of the molecule is CCNCCc1cc(OCCOCCNC(=O)COCCOCC=O)c(Oc2ccc(-c3ccc(C(=O)O)cc3)c(F)c2)cc1CC(=O)Nc1nccs1. The van der Waals surface area contributed by atoms with Crippen LogP contribution < -0.4 is 25.4 Å². The summed E-state index contributed by atoms with van der Waals surface area (Å²) in [5.74, 6) is -1.48. The summed E-state index contributed by atoms with van der Waals surface area (Å²) in [6, 6.07) is 13.7. The number of carboxylic acid groups (broad SMARTS) is 1. The fourth-order valence-corrected chi connectivity index (χ4v) is 5.55. The Kier molecular flexibility index (Phi) is 17.5. The second-order valence-corrected chi connectivity index (χ2v) is 12.4. The molecule has 0 aliphatic heterocycles. The Balaban J connectivity index is 1.45. The second-order valence-electron chi connectivity index (χ2n) is 11.5. The standard InChI is InChI=1S/C38H43FN4O10S/c1-2-40-10-9-28-21-33(52-19-18-49-14-11-41-36(46)25-51-17-16-50-15-13-44)34(22-29(28)23-35(45)43-38-42-12-20-54-38)53-30-7-8-31(32(39)24-30)26-3-5-27(6-4-26)37(47)48/h3-8,12-13,20-22,24,40H,2,9-11,14-19,23,25H2,1H3,(H,41,46)(H,47,48)(H,42,43,45). The van der Waals surface area contributed by atoms with Crippen molar-refractivity contribution in [2.24, 2.45) is 0 Å². The molecular formula is C38H43FN4O10S. The molecule has 0 unspecified atom stereocenters. The fourth-order valence-electron chi connectivity index (χ4n) is 5.01. The highest BCUT2D eigenvalue weighted by Crippen LogP contribution is 2.37. The summed E-state index contributed by atoms with van der Waals surface area (Å²) in [5.41, 5.74) is 2.38. The number of aldehydes is 1. The zero-order valence-electron chi connectivity index (χ0n) is 29.8. The van der Waals surface area contributed by atoms with E-state index in [0.717, 1.165) is 12.1 Å². The minimum atomic E-state index is -1.08. The molecule has 3 aromatic carbocycles. The molecule has 0 radical (unpaired) electrons. The zero-order chi connectivity index (χ0) is 38.5. The van der Waals surface area contributed by atoms with E-state index < -0.39 is 11.8 Å². The number of carboxylic acids is 1. The third kappa shape index (κ3) is 13.9. The number of carbonyl (C=O) groups is 4. The lowest BCUT2D eigenvalue weighted by Gasteiger charge is -2.18. The molecule has 2 amide bonds. The first-order valence-electron chi connectivity index (χ1n) is 17.2. The molecule has 0 aliphatic rings. The average Bonchev–Trinajstić information content (AvgIpc) is 3.67. The first kappa shape index (κ1) is 41.5. The number of nitrogens with one attached hydrogen (secondary N) is 3. The highest BCUT2D eigenvalue weighted by Gasteiger charge is 2.18. The maximum Gasteiger partial charge on any atom is 0.335 e. The van der Waals surface area contributed by atoms with E-state index in [1.54, 1.807) is 29.8 Å². The predicted molar refractivity (Wildman–Crippen MR) is 199 cm³/mol. The summed E-state index contributed by atoms with van der Waals surface area (Å²) in [6.07, 6.45) is 2.84. The first-order valence-corrected chi connectivity index (χ1v) is 18.1. The monoisotopic (exact) mass is 766 g/mol. The quantitative estimate of drug-likeness (QED) is 0.0548. The molecule has 0 saturated carbocycles. The molecule has 0 aliphatic carbocycles. The lowest BCUT2D eigenvalue weighted by Crippen LogP contribution is -2.31. The molecule has 14 nitrogen and oxygen atoms in total. The lowest BCUT2D eigenvalue weighted by atomic mass is 10.00. The number of carbonyl (C=O) groups excluding carboxylic acids is 3. The van der Waals surface area contributed by atoms with Gasteiger partial charge in [-0.25, -0.2) is 14.2 Å². The van der Waals surface area contributed by atoms with Crippen LogP contribution in [0.2, 0.25) is 0 Å². The van der Waals surface area contributed by atoms with Gasteiger partial charge in [0.1, 0.15) is 37.7 Å². The molecule has 4 rings (SSSR count). The number of hydrogen-bond acceptors (Lipinski definition) is 12. The van der Waals surface area contributed by atoms with Gasteiger partial charge in [0.2, 0.25) is 11.8 Å². The van der Waals surface area contributed by atoms with E-state index in [-0.39, 0.29) is 93.7 Å². The number of halogens is 1. The summed E-state index contributed by atoms with van der Waals surface area (Å²) >= 11 is 1.31. The van der Waals surface area contributed by atoms with Gasteiger partial charge in [0.25, 0.3) is 0 Å². The van der Waals surface area contributed by atoms with Crippen molar-refractivity contribution in [1.29, 1.82) is 0 Å². The number of ether oxygens (including phenoxy) is 5. The smallest absolute Gasteiger partial charge is 0.335 e. The van der Waals surface area contributed by atoms with Crippen LogP contribution in [0.5, 0.6) is 17.2 Å². The topological polar surface area (TPSA) is 184 Å². The zero-order valence-corrected chi connectivity index (χ0v) is 30.6. The number of aromatic nitrogens is 1. The van der Waals surface area contributed by atoms with Crippen molar-refractivity contribution in [3.63, 3.8) is 0 Å². The van der Waals surface area contributed by atoms with Crippen LogP contribution in [0.15, 0.2) is 66.2 Å². The lowest BCUT2D eigenvalue weighted by molar-refractivity contribution is -0.127. The van der Waals surface area contributed by atoms with Crippen molar-refractivity contribution in [3.8, 4) is 28.4 Å². The van der Waals surface area contributed by atoms with Crippen LogP contribution in [0.25, 0.3) is 11.1 Å². The second kappa shape index (κ2) is 22.7. The molecule has 1 aromatic heterocycles. The van der Waals surface area contributed by atoms with Crippen LogP contribution >= 0.6 is 11.3 Å². The molecule has 4 N–H and O–H groups in total. The highest BCUT2D eigenvalue weighted by molar-refractivity contribution is 7.13. The number of likely N-dealkylation sites (N-methyl/N-ethyl adjacent to an activating group) is 1. The summed E-state index contributed by atoms with van der Waals surface area (Å²) in [7, 11) is 0. The van der Waals surface area contributed by atoms with Crippen molar-refractivity contribution < 1.29 is 52.4 Å². The maximum absolute atomic E-state index is 15.4. The van der Waals surface area contributed by atoms with E-state index >= 15 is 4.39 Å². The van der Waals surface area contributed by atoms with Crippen molar-refractivity contribution >= 4 is 40.5 Å². The Bertz CT molecular complexity index is 1810. The van der Waals surface area contributed by atoms with Gasteiger partial charge in [0, 0.05) is 29.8 Å². The van der Waals surface area contributed by atoms with E-state index in [2.05, 4.69) is 20.9 Å². The Hall–Kier alpha value is -5.26. The van der Waals surface area contributed by atoms with E-state index in [4.69, 9.17) is 23.7 Å². The average molecular weight is 767 g/mol. The van der Waals surface area contributed by atoms with Gasteiger partial charge in [-0.2, -0.15) is 0 Å². The highest BCUT2D eigenvalue weighted by atomic mass is 32.1. The van der Waals surface area contributed by atoms with Gasteiger partial charge >= 0.3 is 5.97 Å². The number of aromatic carboxylic acids is 1. The molecule has 54 heavy (non-hydrogen) atoms. The Labute approximate surface area is 315 Å². The summed E-state index contributed by atoms with van der Waals surface area (Å²) < 4.78 is 43.5. The van der Waals surface area contributed by atoms with E-state index in [1.807, 2.05) is 6.92 Å². The maximum atomic E-state index is 15.4. The Morgan fingerprint density at radius 3 is 2.39 bits per heavy atom. The van der Waals surface area contributed by atoms with Gasteiger partial charge in [0.15, 0.2) is 16.6 Å². The predicted octanol–water partition coefficient (Wildman–Crippen LogP) is 4.52. The van der Waals surface area contributed by atoms with E-state index in [0.29, 0.717) is 41.3 Å². The molecule has 4 aromatic rings. The number of thiazole rings is 1. The first-order chi connectivity index (χ1) is 26.3. The number of amides is 2. The van der Waals surface area contributed by atoms with Crippen LogP contribution in [0.3, 0.4) is 0 Å². The van der Waals surface area contributed by atoms with Crippen LogP contribution in [0.4, 0.5) is 9.52 Å². The molecule has 288 valence electrons. The summed E-state index contributed by atoms with van der Waals surface area (Å²) in [5, 5.41) is 20.2. The Morgan fingerprint density at radius 1 is 0.889 bits per heavy atom. The van der Waals surface area contributed by atoms with Crippen LogP contribution in [-0.4, -0.2) is 100 Å². The van der Waals surface area contributed by atoms with Gasteiger partial charge in [-0.3, -0.25) is 9.59 Å². The van der Waals surface area contributed by atoms with Gasteiger partial charge in [-0.15, -0.1) is 11.3 Å². The number of rotatable bonds is 25. The Morgan fingerprint density at radius 2 is 1.67 bits per heavy atom.